The number of carbonyl (C=O) groups excluding carboxylic acids is 1. The third kappa shape index (κ3) is 5.48. The summed E-state index contributed by atoms with van der Waals surface area (Å²) in [6, 6.07) is 15.3. The van der Waals surface area contributed by atoms with Gasteiger partial charge >= 0.3 is 6.36 Å². The zero-order valence-electron chi connectivity index (χ0n) is 19.1. The zero-order valence-corrected chi connectivity index (χ0v) is 19.9. The van der Waals surface area contributed by atoms with E-state index in [0.29, 0.717) is 5.75 Å². The van der Waals surface area contributed by atoms with Gasteiger partial charge in [0, 0.05) is 5.69 Å². The Morgan fingerprint density at radius 2 is 1.67 bits per heavy atom. The highest BCUT2D eigenvalue weighted by molar-refractivity contribution is 7.92. The molecule has 36 heavy (non-hydrogen) atoms. The Morgan fingerprint density at radius 1 is 1.03 bits per heavy atom. The fraction of sp³-hybridized carbons (Fsp3) is 0.208. The van der Waals surface area contributed by atoms with Crippen LogP contribution in [0.2, 0.25) is 0 Å². The van der Waals surface area contributed by atoms with E-state index in [4.69, 9.17) is 9.47 Å². The molecule has 1 N–H and O–H groups in total. The summed E-state index contributed by atoms with van der Waals surface area (Å²) >= 11 is 0. The van der Waals surface area contributed by atoms with Gasteiger partial charge in [0.1, 0.15) is 17.2 Å². The first-order valence-electron chi connectivity index (χ1n) is 10.6. The van der Waals surface area contributed by atoms with Crippen LogP contribution in [0, 0.1) is 6.92 Å². The van der Waals surface area contributed by atoms with E-state index in [0.717, 1.165) is 22.0 Å². The average molecular weight is 523 g/mol. The molecule has 0 bridgehead atoms. The smallest absolute Gasteiger partial charge is 0.497 e. The van der Waals surface area contributed by atoms with Gasteiger partial charge in [-0.3, -0.25) is 9.10 Å². The largest absolute Gasteiger partial charge is 0.573 e. The second-order valence-corrected chi connectivity index (χ2v) is 9.71. The predicted molar refractivity (Wildman–Crippen MR) is 125 cm³/mol. The van der Waals surface area contributed by atoms with Gasteiger partial charge < -0.3 is 19.5 Å². The van der Waals surface area contributed by atoms with E-state index in [2.05, 4.69) is 10.1 Å². The van der Waals surface area contributed by atoms with Crippen LogP contribution in [0.15, 0.2) is 71.6 Å². The van der Waals surface area contributed by atoms with Crippen molar-refractivity contribution in [1.82, 2.24) is 0 Å². The van der Waals surface area contributed by atoms with E-state index >= 15 is 0 Å². The molecule has 0 aromatic heterocycles. The van der Waals surface area contributed by atoms with Gasteiger partial charge in [-0.05, 0) is 73.2 Å². The molecule has 1 aliphatic rings. The second-order valence-electron chi connectivity index (χ2n) is 7.85. The molecule has 0 unspecified atom stereocenters. The topological polar surface area (TPSA) is 94.2 Å². The van der Waals surface area contributed by atoms with Crippen LogP contribution >= 0.6 is 0 Å². The van der Waals surface area contributed by atoms with Crippen molar-refractivity contribution in [2.24, 2.45) is 0 Å². The number of ether oxygens (including phenoxy) is 3. The summed E-state index contributed by atoms with van der Waals surface area (Å²) in [5.41, 5.74) is 1.25. The van der Waals surface area contributed by atoms with Crippen molar-refractivity contribution < 1.29 is 40.6 Å². The van der Waals surface area contributed by atoms with E-state index in [1.54, 1.807) is 25.1 Å². The van der Waals surface area contributed by atoms with Gasteiger partial charge in [0.25, 0.3) is 15.9 Å². The number of carbonyl (C=O) groups is 1. The second kappa shape index (κ2) is 9.61. The summed E-state index contributed by atoms with van der Waals surface area (Å²) in [5.74, 6) is -0.454. The number of hydrogen-bond donors (Lipinski definition) is 1. The van der Waals surface area contributed by atoms with Crippen LogP contribution in [-0.2, 0) is 14.8 Å². The van der Waals surface area contributed by atoms with Crippen molar-refractivity contribution in [3.63, 3.8) is 0 Å². The predicted octanol–water partition coefficient (Wildman–Crippen LogP) is 4.50. The Hall–Kier alpha value is -3.93. The number of aryl methyl sites for hydroxylation is 1. The minimum atomic E-state index is -4.84. The molecule has 12 heteroatoms. The molecule has 0 fully saturated rings. The standard InChI is InChI=1S/C24H21F3N2O6S/c1-15-3-12-21-20(13-15)29(36(31,32)19-10-8-17(33-2)9-11-19)14-22(34-21)23(30)28-16-4-6-18(7-5-16)35-24(25,26)27/h3-13,22H,14H2,1-2H3,(H,28,30)/t22-/m0/s1. The summed E-state index contributed by atoms with van der Waals surface area (Å²) in [6.45, 7) is 1.47. The monoisotopic (exact) mass is 522 g/mol. The van der Waals surface area contributed by atoms with Gasteiger partial charge in [0.2, 0.25) is 0 Å². The van der Waals surface area contributed by atoms with Crippen LogP contribution in [0.1, 0.15) is 5.56 Å². The highest BCUT2D eigenvalue weighted by Crippen LogP contribution is 2.38. The van der Waals surface area contributed by atoms with Crippen molar-refractivity contribution in [2.45, 2.75) is 24.3 Å². The van der Waals surface area contributed by atoms with Gasteiger partial charge in [-0.15, -0.1) is 13.2 Å². The average Bonchev–Trinajstić information content (AvgIpc) is 2.83. The summed E-state index contributed by atoms with van der Waals surface area (Å²) in [6.07, 6.45) is -6.08. The molecule has 0 saturated heterocycles. The number of nitrogens with zero attached hydrogens (tertiary/aromatic N) is 1. The lowest BCUT2D eigenvalue weighted by Gasteiger charge is -2.35. The van der Waals surface area contributed by atoms with Crippen LogP contribution < -0.4 is 23.8 Å². The number of hydrogen-bond acceptors (Lipinski definition) is 6. The van der Waals surface area contributed by atoms with Crippen LogP contribution in [-0.4, -0.2) is 40.4 Å². The summed E-state index contributed by atoms with van der Waals surface area (Å²) in [7, 11) is -2.62. The SMILES string of the molecule is COc1ccc(S(=O)(=O)N2C[C@@H](C(=O)Nc3ccc(OC(F)(F)F)cc3)Oc3ccc(C)cc32)cc1. The van der Waals surface area contributed by atoms with E-state index in [-0.39, 0.29) is 28.6 Å². The Morgan fingerprint density at radius 3 is 2.28 bits per heavy atom. The zero-order chi connectivity index (χ0) is 26.1. The number of benzene rings is 3. The third-order valence-electron chi connectivity index (χ3n) is 5.28. The maximum absolute atomic E-state index is 13.5. The number of sulfonamides is 1. The van der Waals surface area contributed by atoms with Crippen molar-refractivity contribution in [3.8, 4) is 17.2 Å². The van der Waals surface area contributed by atoms with Crippen LogP contribution in [0.3, 0.4) is 0 Å². The number of methoxy groups -OCH3 is 1. The number of nitrogens with one attached hydrogen (secondary N) is 1. The molecule has 0 radical (unpaired) electrons. The fourth-order valence-electron chi connectivity index (χ4n) is 3.56. The Labute approximate surface area is 205 Å². The Kier molecular flexibility index (Phi) is 6.72. The number of anilines is 2. The Balaban J connectivity index is 1.59. The molecule has 0 aliphatic carbocycles. The maximum Gasteiger partial charge on any atom is 0.573 e. The summed E-state index contributed by atoms with van der Waals surface area (Å²) in [5, 5.41) is 2.53. The molecule has 1 amide bonds. The molecule has 8 nitrogen and oxygen atoms in total. The van der Waals surface area contributed by atoms with Gasteiger partial charge in [-0.2, -0.15) is 0 Å². The number of halogens is 3. The molecular formula is C24H21F3N2O6S. The number of rotatable bonds is 6. The molecule has 0 spiro atoms. The van der Waals surface area contributed by atoms with Crippen molar-refractivity contribution in [2.75, 3.05) is 23.3 Å². The number of fused-ring (bicyclic) bond motifs is 1. The van der Waals surface area contributed by atoms with Crippen LogP contribution in [0.5, 0.6) is 17.2 Å². The highest BCUT2D eigenvalue weighted by atomic mass is 32.2. The molecule has 190 valence electrons. The lowest BCUT2D eigenvalue weighted by Crippen LogP contribution is -2.48. The third-order valence-corrected chi connectivity index (χ3v) is 7.07. The number of amides is 1. The number of alkyl halides is 3. The van der Waals surface area contributed by atoms with E-state index in [1.807, 2.05) is 0 Å². The van der Waals surface area contributed by atoms with Gasteiger partial charge in [0.15, 0.2) is 6.10 Å². The first kappa shape index (κ1) is 25.2. The highest BCUT2D eigenvalue weighted by Gasteiger charge is 2.38. The minimum absolute atomic E-state index is 0.00272. The molecule has 3 aromatic rings. The van der Waals surface area contributed by atoms with Gasteiger partial charge in [0.05, 0.1) is 24.2 Å². The summed E-state index contributed by atoms with van der Waals surface area (Å²) < 4.78 is 80.0. The lowest BCUT2D eigenvalue weighted by molar-refractivity contribution is -0.274. The molecule has 1 aliphatic heterocycles. The molecule has 1 atom stereocenters. The molecular weight excluding hydrogens is 501 g/mol. The van der Waals surface area contributed by atoms with Crippen molar-refractivity contribution in [3.05, 3.63) is 72.3 Å². The van der Waals surface area contributed by atoms with E-state index < -0.39 is 34.1 Å². The van der Waals surface area contributed by atoms with Gasteiger partial charge in [-0.1, -0.05) is 6.07 Å². The molecule has 0 saturated carbocycles. The van der Waals surface area contributed by atoms with E-state index in [9.17, 15) is 26.4 Å². The molecule has 1 heterocycles. The normalized spacial score (nSPS) is 15.5. The van der Waals surface area contributed by atoms with E-state index in [1.165, 1.54) is 43.5 Å². The lowest BCUT2D eigenvalue weighted by atomic mass is 10.1. The minimum Gasteiger partial charge on any atom is -0.497 e. The summed E-state index contributed by atoms with van der Waals surface area (Å²) in [4.78, 5) is 13.0. The maximum atomic E-state index is 13.5. The first-order valence-corrected chi connectivity index (χ1v) is 12.0. The quantitative estimate of drug-likeness (QED) is 0.513. The van der Waals surface area contributed by atoms with Crippen molar-refractivity contribution >= 4 is 27.3 Å². The Bertz CT molecular complexity index is 1360. The molecule has 4 rings (SSSR count). The van der Waals surface area contributed by atoms with Crippen LogP contribution in [0.25, 0.3) is 0 Å². The van der Waals surface area contributed by atoms with Gasteiger partial charge in [-0.25, -0.2) is 8.42 Å². The first-order chi connectivity index (χ1) is 17.0. The van der Waals surface area contributed by atoms with Crippen molar-refractivity contribution in [1.29, 1.82) is 0 Å². The van der Waals surface area contributed by atoms with Crippen LogP contribution in [0.4, 0.5) is 24.5 Å². The molecule has 3 aromatic carbocycles. The fourth-order valence-corrected chi connectivity index (χ4v) is 5.03.